The number of amides is 1. The number of pyridine rings is 2. The number of anilines is 1. The van der Waals surface area contributed by atoms with Crippen molar-refractivity contribution in [3.63, 3.8) is 0 Å². The van der Waals surface area contributed by atoms with Crippen LogP contribution in [0, 0.1) is 13.8 Å². The van der Waals surface area contributed by atoms with E-state index in [1.54, 1.807) is 11.3 Å². The van der Waals surface area contributed by atoms with Crippen molar-refractivity contribution in [3.05, 3.63) is 73.8 Å². The zero-order chi connectivity index (χ0) is 29.3. The number of likely N-dealkylation sites (N-methyl/N-ethyl adjacent to an activating group) is 1. The van der Waals surface area contributed by atoms with Crippen LogP contribution in [-0.4, -0.2) is 59.0 Å². The number of H-pyrrole nitrogens is 1. The van der Waals surface area contributed by atoms with Gasteiger partial charge in [0.1, 0.15) is 5.82 Å². The zero-order valence-corrected chi connectivity index (χ0v) is 25.7. The van der Waals surface area contributed by atoms with E-state index in [1.807, 2.05) is 32.2 Å². The molecule has 4 aromatic rings. The molecule has 1 aliphatic rings. The highest BCUT2D eigenvalue weighted by molar-refractivity contribution is 7.19. The molecule has 41 heavy (non-hydrogen) atoms. The zero-order valence-electron chi connectivity index (χ0n) is 24.9. The lowest BCUT2D eigenvalue weighted by Crippen LogP contribution is -2.44. The van der Waals surface area contributed by atoms with E-state index in [9.17, 15) is 9.59 Å². The third kappa shape index (κ3) is 6.06. The third-order valence-electron chi connectivity index (χ3n) is 7.87. The van der Waals surface area contributed by atoms with Crippen LogP contribution in [0.5, 0.6) is 0 Å². The molecule has 3 aromatic heterocycles. The van der Waals surface area contributed by atoms with Gasteiger partial charge >= 0.3 is 0 Å². The molecular formula is C32H40N6O2S. The lowest BCUT2D eigenvalue weighted by atomic mass is 9.98. The average Bonchev–Trinajstić information content (AvgIpc) is 3.40. The molecule has 0 aliphatic carbocycles. The molecular weight excluding hydrogens is 532 g/mol. The summed E-state index contributed by atoms with van der Waals surface area (Å²) in [4.78, 5) is 43.7. The van der Waals surface area contributed by atoms with Crippen LogP contribution in [0.2, 0.25) is 0 Å². The number of nitrogens with zero attached hydrogens (tertiary/aromatic N) is 4. The largest absolute Gasteiger partial charge is 0.354 e. The number of carbonyl (C=O) groups excluding carboxylic acids is 1. The first-order chi connectivity index (χ1) is 19.7. The summed E-state index contributed by atoms with van der Waals surface area (Å²) in [5, 5.41) is 4.08. The number of piperazine rings is 1. The van der Waals surface area contributed by atoms with E-state index in [4.69, 9.17) is 9.97 Å². The molecule has 0 saturated carbocycles. The van der Waals surface area contributed by atoms with Crippen molar-refractivity contribution < 1.29 is 4.79 Å². The molecule has 2 N–H and O–H groups in total. The molecule has 1 aromatic carbocycles. The standard InChI is InChI=1S/C32H40N6O2S/c1-7-8-22-15-20(4)35-31(40)26(22)18-34-30(39)24-16-25(29-28(21(24)5)36-32(41-29)19(2)3)23-9-10-27(33-17-23)38-13-11-37(6)12-14-38/h9-10,15-17,19H,7-8,11-14,18H2,1-6H3,(H,34,39)(H,35,40). The number of aromatic amines is 1. The molecule has 4 heterocycles. The molecule has 0 bridgehead atoms. The summed E-state index contributed by atoms with van der Waals surface area (Å²) in [6, 6.07) is 8.15. The first-order valence-electron chi connectivity index (χ1n) is 14.5. The van der Waals surface area contributed by atoms with E-state index >= 15 is 0 Å². The molecule has 8 nitrogen and oxygen atoms in total. The van der Waals surface area contributed by atoms with E-state index in [-0.39, 0.29) is 23.9 Å². The van der Waals surface area contributed by atoms with Crippen molar-refractivity contribution in [2.75, 3.05) is 38.1 Å². The Morgan fingerprint density at radius 3 is 2.56 bits per heavy atom. The van der Waals surface area contributed by atoms with Crippen LogP contribution in [0.1, 0.15) is 70.9 Å². The number of nitrogens with one attached hydrogen (secondary N) is 2. The summed E-state index contributed by atoms with van der Waals surface area (Å²) in [5.74, 6) is 1.04. The van der Waals surface area contributed by atoms with Crippen LogP contribution in [-0.2, 0) is 13.0 Å². The van der Waals surface area contributed by atoms with Crippen molar-refractivity contribution in [3.8, 4) is 11.1 Å². The van der Waals surface area contributed by atoms with Crippen LogP contribution in [0.4, 0.5) is 5.82 Å². The minimum Gasteiger partial charge on any atom is -0.354 e. The summed E-state index contributed by atoms with van der Waals surface area (Å²) in [5.41, 5.74) is 6.46. The number of aryl methyl sites for hydroxylation is 3. The lowest BCUT2D eigenvalue weighted by molar-refractivity contribution is 0.0950. The van der Waals surface area contributed by atoms with Gasteiger partial charge in [-0.25, -0.2) is 9.97 Å². The molecule has 0 radical (unpaired) electrons. The fraction of sp³-hybridized carbons (Fsp3) is 0.438. The maximum absolute atomic E-state index is 13.7. The highest BCUT2D eigenvalue weighted by Crippen LogP contribution is 2.38. The smallest absolute Gasteiger partial charge is 0.253 e. The molecule has 216 valence electrons. The van der Waals surface area contributed by atoms with Gasteiger partial charge in [0.25, 0.3) is 11.5 Å². The maximum Gasteiger partial charge on any atom is 0.253 e. The second-order valence-electron chi connectivity index (χ2n) is 11.4. The molecule has 5 rings (SSSR count). The molecule has 1 aliphatic heterocycles. The Bertz CT molecular complexity index is 1610. The van der Waals surface area contributed by atoms with Crippen LogP contribution in [0.25, 0.3) is 21.3 Å². The van der Waals surface area contributed by atoms with Gasteiger partial charge in [-0.1, -0.05) is 27.2 Å². The van der Waals surface area contributed by atoms with Gasteiger partial charge in [-0.3, -0.25) is 9.59 Å². The Morgan fingerprint density at radius 1 is 1.15 bits per heavy atom. The minimum atomic E-state index is -0.214. The van der Waals surface area contributed by atoms with E-state index in [0.717, 1.165) is 88.0 Å². The second-order valence-corrected chi connectivity index (χ2v) is 12.4. The van der Waals surface area contributed by atoms with E-state index in [2.05, 4.69) is 60.1 Å². The first kappa shape index (κ1) is 29.0. The molecule has 9 heteroatoms. The number of rotatable bonds is 8. The van der Waals surface area contributed by atoms with Crippen LogP contribution in [0.15, 0.2) is 35.3 Å². The maximum atomic E-state index is 13.7. The van der Waals surface area contributed by atoms with E-state index in [1.165, 1.54) is 0 Å². The molecule has 1 saturated heterocycles. The number of fused-ring (bicyclic) bond motifs is 1. The summed E-state index contributed by atoms with van der Waals surface area (Å²) in [6.45, 7) is 14.3. The van der Waals surface area contributed by atoms with Gasteiger partial charge in [0.15, 0.2) is 0 Å². The highest BCUT2D eigenvalue weighted by atomic mass is 32.1. The number of benzene rings is 1. The Kier molecular flexibility index (Phi) is 8.56. The fourth-order valence-electron chi connectivity index (χ4n) is 5.42. The Balaban J connectivity index is 1.50. The second kappa shape index (κ2) is 12.1. The van der Waals surface area contributed by atoms with Gasteiger partial charge in [0.2, 0.25) is 0 Å². The minimum absolute atomic E-state index is 0.144. The first-order valence-corrected chi connectivity index (χ1v) is 15.3. The predicted molar refractivity (Wildman–Crippen MR) is 168 cm³/mol. The van der Waals surface area contributed by atoms with E-state index in [0.29, 0.717) is 11.1 Å². The normalized spacial score (nSPS) is 14.3. The van der Waals surface area contributed by atoms with Crippen LogP contribution >= 0.6 is 11.3 Å². The highest BCUT2D eigenvalue weighted by Gasteiger charge is 2.22. The summed E-state index contributed by atoms with van der Waals surface area (Å²) >= 11 is 1.68. The predicted octanol–water partition coefficient (Wildman–Crippen LogP) is 5.42. The average molecular weight is 573 g/mol. The van der Waals surface area contributed by atoms with Crippen molar-refractivity contribution in [2.45, 2.75) is 59.9 Å². The lowest BCUT2D eigenvalue weighted by Gasteiger charge is -2.33. The summed E-state index contributed by atoms with van der Waals surface area (Å²) < 4.78 is 1.07. The van der Waals surface area contributed by atoms with Crippen LogP contribution < -0.4 is 15.8 Å². The summed E-state index contributed by atoms with van der Waals surface area (Å²) in [6.07, 6.45) is 3.63. The van der Waals surface area contributed by atoms with Gasteiger partial charge in [-0.2, -0.15) is 0 Å². The fourth-order valence-corrected chi connectivity index (χ4v) is 6.58. The van der Waals surface area contributed by atoms with Gasteiger partial charge in [0.05, 0.1) is 15.2 Å². The molecule has 1 fully saturated rings. The molecule has 1 amide bonds. The van der Waals surface area contributed by atoms with Gasteiger partial charge in [-0.05, 0) is 62.7 Å². The van der Waals surface area contributed by atoms with Gasteiger partial charge in [0, 0.05) is 72.8 Å². The quantitative estimate of drug-likeness (QED) is 0.293. The van der Waals surface area contributed by atoms with Crippen LogP contribution in [0.3, 0.4) is 0 Å². The summed E-state index contributed by atoms with van der Waals surface area (Å²) in [7, 11) is 2.15. The Labute approximate surface area is 245 Å². The Morgan fingerprint density at radius 2 is 1.90 bits per heavy atom. The Hall–Kier alpha value is -3.56. The van der Waals surface area contributed by atoms with Gasteiger partial charge in [-0.15, -0.1) is 11.3 Å². The SMILES string of the molecule is CCCc1cc(C)[nH]c(=O)c1CNC(=O)c1cc(-c2ccc(N3CCN(C)CC3)nc2)c2sc(C(C)C)nc2c1C. The molecule has 0 spiro atoms. The van der Waals surface area contributed by atoms with Gasteiger partial charge < -0.3 is 20.1 Å². The topological polar surface area (TPSA) is 94.2 Å². The number of hydrogen-bond acceptors (Lipinski definition) is 7. The number of carbonyl (C=O) groups is 1. The molecule has 0 unspecified atom stereocenters. The third-order valence-corrected chi connectivity index (χ3v) is 9.26. The van der Waals surface area contributed by atoms with Crippen molar-refractivity contribution in [2.24, 2.45) is 0 Å². The van der Waals surface area contributed by atoms with Crippen molar-refractivity contribution in [1.29, 1.82) is 0 Å². The molecule has 0 atom stereocenters. The number of hydrogen-bond donors (Lipinski definition) is 2. The number of thiazole rings is 1. The monoisotopic (exact) mass is 572 g/mol. The van der Waals surface area contributed by atoms with E-state index < -0.39 is 0 Å². The number of aromatic nitrogens is 3. The van der Waals surface area contributed by atoms with Crippen molar-refractivity contribution >= 4 is 33.3 Å². The van der Waals surface area contributed by atoms with Crippen molar-refractivity contribution in [1.82, 2.24) is 25.2 Å².